The molecule has 1 saturated heterocycles. The Labute approximate surface area is 158 Å². The number of benzene rings is 2. The molecule has 126 valence electrons. The highest BCUT2D eigenvalue weighted by atomic mass is 35.5. The molecule has 8 heteroatoms. The lowest BCUT2D eigenvalue weighted by Gasteiger charge is -2.29. The quantitative estimate of drug-likeness (QED) is 0.465. The largest absolute Gasteiger partial charge is 0.508 e. The molecule has 2 aromatic carbocycles. The van der Waals surface area contributed by atoms with E-state index in [2.05, 4.69) is 5.32 Å². The Morgan fingerprint density at radius 3 is 2.40 bits per heavy atom. The summed E-state index contributed by atoms with van der Waals surface area (Å²) in [6.07, 6.45) is 1.41. The van der Waals surface area contributed by atoms with Crippen LogP contribution in [0, 0.1) is 0 Å². The number of nitrogens with one attached hydrogen (secondary N) is 1. The van der Waals surface area contributed by atoms with Crippen molar-refractivity contribution < 1.29 is 14.7 Å². The molecule has 0 saturated carbocycles. The van der Waals surface area contributed by atoms with Crippen LogP contribution in [-0.2, 0) is 9.59 Å². The molecule has 0 unspecified atom stereocenters. The van der Waals surface area contributed by atoms with E-state index in [0.29, 0.717) is 16.3 Å². The third kappa shape index (κ3) is 3.51. The van der Waals surface area contributed by atoms with Gasteiger partial charge < -0.3 is 5.11 Å². The van der Waals surface area contributed by atoms with E-state index in [1.165, 1.54) is 24.3 Å². The van der Waals surface area contributed by atoms with E-state index in [1.807, 2.05) is 0 Å². The lowest BCUT2D eigenvalue weighted by atomic mass is 10.1. The number of hydrogen-bond donors (Lipinski definition) is 2. The monoisotopic (exact) mass is 392 g/mol. The summed E-state index contributed by atoms with van der Waals surface area (Å²) < 4.78 is 0. The number of carbonyl (C=O) groups is 2. The first-order valence-corrected chi connectivity index (χ1v) is 8.19. The molecule has 0 radical (unpaired) electrons. The van der Waals surface area contributed by atoms with Crippen LogP contribution in [0.5, 0.6) is 5.75 Å². The molecule has 2 N–H and O–H groups in total. The summed E-state index contributed by atoms with van der Waals surface area (Å²) in [6, 6.07) is 10.7. The number of aromatic hydroxyl groups is 1. The number of phenols is 1. The standard InChI is InChI=1S/C17H10Cl2N2O3S/c18-10-3-6-14(13(19)8-10)21-16(24)12(15(23)20-17(21)25)7-9-1-4-11(22)5-2-9/h1-8,22H,(H,20,23,25)/b12-7+. The fourth-order valence-electron chi connectivity index (χ4n) is 2.28. The van der Waals surface area contributed by atoms with Gasteiger partial charge >= 0.3 is 0 Å². The van der Waals surface area contributed by atoms with Crippen molar-refractivity contribution in [3.8, 4) is 5.75 Å². The fraction of sp³-hybridized carbons (Fsp3) is 0. The maximum atomic E-state index is 12.8. The molecular weight excluding hydrogens is 383 g/mol. The van der Waals surface area contributed by atoms with E-state index >= 15 is 0 Å². The normalized spacial score (nSPS) is 16.3. The first kappa shape index (κ1) is 17.4. The van der Waals surface area contributed by atoms with Gasteiger partial charge in [0.05, 0.1) is 10.7 Å². The van der Waals surface area contributed by atoms with E-state index in [1.54, 1.807) is 24.3 Å². The molecule has 0 aromatic heterocycles. The second-order valence-electron chi connectivity index (χ2n) is 5.15. The van der Waals surface area contributed by atoms with Gasteiger partial charge in [0, 0.05) is 5.02 Å². The first-order chi connectivity index (χ1) is 11.9. The fourth-order valence-corrected chi connectivity index (χ4v) is 3.04. The van der Waals surface area contributed by atoms with Gasteiger partial charge in [0.2, 0.25) is 0 Å². The van der Waals surface area contributed by atoms with E-state index in [4.69, 9.17) is 35.4 Å². The highest BCUT2D eigenvalue weighted by Gasteiger charge is 2.35. The predicted molar refractivity (Wildman–Crippen MR) is 101 cm³/mol. The number of halogens is 2. The number of rotatable bonds is 2. The molecule has 1 heterocycles. The zero-order valence-corrected chi connectivity index (χ0v) is 14.8. The van der Waals surface area contributed by atoms with E-state index in [9.17, 15) is 14.7 Å². The number of hydrogen-bond acceptors (Lipinski definition) is 4. The summed E-state index contributed by atoms with van der Waals surface area (Å²) in [5.74, 6) is -1.13. The Hall–Kier alpha value is -2.41. The maximum Gasteiger partial charge on any atom is 0.270 e. The molecule has 0 spiro atoms. The number of carbonyl (C=O) groups excluding carboxylic acids is 2. The van der Waals surface area contributed by atoms with Gasteiger partial charge in [-0.1, -0.05) is 35.3 Å². The minimum Gasteiger partial charge on any atom is -0.508 e. The number of anilines is 1. The minimum absolute atomic E-state index is 0.0675. The third-order valence-electron chi connectivity index (χ3n) is 3.46. The molecule has 2 aromatic rings. The van der Waals surface area contributed by atoms with Crippen LogP contribution in [0.25, 0.3) is 6.08 Å². The van der Waals surface area contributed by atoms with Crippen LogP contribution in [0.3, 0.4) is 0 Å². The van der Waals surface area contributed by atoms with E-state index in [0.717, 1.165) is 4.90 Å². The Morgan fingerprint density at radius 1 is 1.08 bits per heavy atom. The molecule has 0 aliphatic carbocycles. The molecule has 0 atom stereocenters. The second kappa shape index (κ2) is 6.84. The van der Waals surface area contributed by atoms with Crippen molar-refractivity contribution >= 4 is 64.1 Å². The van der Waals surface area contributed by atoms with Crippen LogP contribution in [0.4, 0.5) is 5.69 Å². The van der Waals surface area contributed by atoms with Gasteiger partial charge in [0.15, 0.2) is 5.11 Å². The molecule has 5 nitrogen and oxygen atoms in total. The zero-order valence-electron chi connectivity index (χ0n) is 12.5. The van der Waals surface area contributed by atoms with Crippen molar-refractivity contribution in [1.82, 2.24) is 5.32 Å². The summed E-state index contributed by atoms with van der Waals surface area (Å²) in [5, 5.41) is 12.4. The molecular formula is C17H10Cl2N2O3S. The van der Waals surface area contributed by atoms with E-state index < -0.39 is 11.8 Å². The van der Waals surface area contributed by atoms with Gasteiger partial charge in [-0.05, 0) is 54.2 Å². The van der Waals surface area contributed by atoms with Gasteiger partial charge in [-0.3, -0.25) is 19.8 Å². The van der Waals surface area contributed by atoms with Gasteiger partial charge in [0.25, 0.3) is 11.8 Å². The van der Waals surface area contributed by atoms with Crippen molar-refractivity contribution in [3.63, 3.8) is 0 Å². The summed E-state index contributed by atoms with van der Waals surface area (Å²) in [5.41, 5.74) is 0.786. The lowest BCUT2D eigenvalue weighted by molar-refractivity contribution is -0.122. The topological polar surface area (TPSA) is 69.6 Å². The second-order valence-corrected chi connectivity index (χ2v) is 6.38. The van der Waals surface area contributed by atoms with Crippen LogP contribution in [-0.4, -0.2) is 22.0 Å². The molecule has 2 amide bonds. The van der Waals surface area contributed by atoms with Crippen molar-refractivity contribution in [2.45, 2.75) is 0 Å². The highest BCUT2D eigenvalue weighted by molar-refractivity contribution is 7.80. The first-order valence-electron chi connectivity index (χ1n) is 7.02. The maximum absolute atomic E-state index is 12.8. The SMILES string of the molecule is O=C1NC(=S)N(c2ccc(Cl)cc2Cl)C(=O)/C1=C/c1ccc(O)cc1. The third-order valence-corrected chi connectivity index (χ3v) is 4.28. The Kier molecular flexibility index (Phi) is 4.76. The van der Waals surface area contributed by atoms with Gasteiger partial charge in [0.1, 0.15) is 11.3 Å². The molecule has 1 fully saturated rings. The van der Waals surface area contributed by atoms with Gasteiger partial charge in [-0.15, -0.1) is 0 Å². The summed E-state index contributed by atoms with van der Waals surface area (Å²) in [6.45, 7) is 0. The Morgan fingerprint density at radius 2 is 1.76 bits per heavy atom. The van der Waals surface area contributed by atoms with Crippen LogP contribution in [0.15, 0.2) is 48.0 Å². The number of phenolic OH excluding ortho intramolecular Hbond substituents is 1. The summed E-state index contributed by atoms with van der Waals surface area (Å²) >= 11 is 17.1. The number of amides is 2. The van der Waals surface area contributed by atoms with Crippen LogP contribution in [0.1, 0.15) is 5.56 Å². The molecule has 0 bridgehead atoms. The lowest BCUT2D eigenvalue weighted by Crippen LogP contribution is -2.54. The molecule has 3 rings (SSSR count). The van der Waals surface area contributed by atoms with Gasteiger partial charge in [-0.25, -0.2) is 0 Å². The Balaban J connectivity index is 2.03. The molecule has 1 aliphatic rings. The van der Waals surface area contributed by atoms with E-state index in [-0.39, 0.29) is 21.5 Å². The zero-order chi connectivity index (χ0) is 18.1. The molecule has 25 heavy (non-hydrogen) atoms. The average molecular weight is 393 g/mol. The highest BCUT2D eigenvalue weighted by Crippen LogP contribution is 2.31. The van der Waals surface area contributed by atoms with Crippen molar-refractivity contribution in [3.05, 3.63) is 63.6 Å². The van der Waals surface area contributed by atoms with Crippen LogP contribution >= 0.6 is 35.4 Å². The van der Waals surface area contributed by atoms with Gasteiger partial charge in [-0.2, -0.15) is 0 Å². The Bertz CT molecular complexity index is 926. The summed E-state index contributed by atoms with van der Waals surface area (Å²) in [7, 11) is 0. The molecule has 1 aliphatic heterocycles. The summed E-state index contributed by atoms with van der Waals surface area (Å²) in [4.78, 5) is 26.1. The number of nitrogens with zero attached hydrogens (tertiary/aromatic N) is 1. The number of thiocarbonyl (C=S) groups is 1. The van der Waals surface area contributed by atoms with Crippen molar-refractivity contribution in [2.24, 2.45) is 0 Å². The predicted octanol–water partition coefficient (Wildman–Crippen LogP) is 3.53. The van der Waals surface area contributed by atoms with Crippen molar-refractivity contribution in [2.75, 3.05) is 4.90 Å². The smallest absolute Gasteiger partial charge is 0.270 e. The van der Waals surface area contributed by atoms with Crippen LogP contribution in [0.2, 0.25) is 10.0 Å². The average Bonchev–Trinajstić information content (AvgIpc) is 2.55. The van der Waals surface area contributed by atoms with Crippen molar-refractivity contribution in [1.29, 1.82) is 0 Å². The van der Waals surface area contributed by atoms with Crippen LogP contribution < -0.4 is 10.2 Å². The minimum atomic E-state index is -0.607.